The summed E-state index contributed by atoms with van der Waals surface area (Å²) in [7, 11) is 0. The first-order valence-corrected chi connectivity index (χ1v) is 10.2. The summed E-state index contributed by atoms with van der Waals surface area (Å²) in [6, 6.07) is 20.0. The van der Waals surface area contributed by atoms with Crippen LogP contribution in [0.15, 0.2) is 72.8 Å². The van der Waals surface area contributed by atoms with Gasteiger partial charge in [0.15, 0.2) is 0 Å². The van der Waals surface area contributed by atoms with Crippen LogP contribution in [0.5, 0.6) is 0 Å². The van der Waals surface area contributed by atoms with Crippen LogP contribution in [0.2, 0.25) is 5.02 Å². The number of nitrogens with zero attached hydrogens (tertiary/aromatic N) is 1. The highest BCUT2D eigenvalue weighted by Gasteiger charge is 2.21. The summed E-state index contributed by atoms with van der Waals surface area (Å²) in [5.41, 5.74) is 4.52. The van der Waals surface area contributed by atoms with Crippen molar-refractivity contribution in [3.63, 3.8) is 0 Å². The van der Waals surface area contributed by atoms with Gasteiger partial charge in [-0.2, -0.15) is 0 Å². The van der Waals surface area contributed by atoms with Crippen LogP contribution < -0.4 is 10.2 Å². The van der Waals surface area contributed by atoms with E-state index in [9.17, 15) is 9.59 Å². The molecule has 4 nitrogen and oxygen atoms in total. The number of hydrogen-bond acceptors (Lipinski definition) is 2. The lowest BCUT2D eigenvalue weighted by Gasteiger charge is -2.23. The van der Waals surface area contributed by atoms with Gasteiger partial charge >= 0.3 is 0 Å². The molecule has 1 aliphatic heterocycles. The summed E-state index contributed by atoms with van der Waals surface area (Å²) >= 11 is 6.12. The number of fused-ring (bicyclic) bond motifs is 1. The minimum atomic E-state index is -0.170. The first-order valence-electron chi connectivity index (χ1n) is 9.78. The molecule has 0 atom stereocenters. The van der Waals surface area contributed by atoms with Crippen molar-refractivity contribution >= 4 is 40.9 Å². The third-order valence-electron chi connectivity index (χ3n) is 5.12. The van der Waals surface area contributed by atoms with Gasteiger partial charge in [-0.25, -0.2) is 0 Å². The molecule has 2 amide bonds. The summed E-state index contributed by atoms with van der Waals surface area (Å²) in [6.45, 7) is 2.49. The molecular formula is C25H21ClN2O2. The average Bonchev–Trinajstić information content (AvgIpc) is 2.96. The van der Waals surface area contributed by atoms with E-state index in [0.717, 1.165) is 23.2 Å². The molecule has 0 unspecified atom stereocenters. The van der Waals surface area contributed by atoms with Gasteiger partial charge in [-0.05, 0) is 73.0 Å². The molecule has 4 rings (SSSR count). The van der Waals surface area contributed by atoms with Crippen molar-refractivity contribution in [2.45, 2.75) is 13.3 Å². The van der Waals surface area contributed by atoms with Gasteiger partial charge in [0.1, 0.15) is 0 Å². The zero-order chi connectivity index (χ0) is 21.1. The monoisotopic (exact) mass is 416 g/mol. The van der Waals surface area contributed by atoms with Crippen LogP contribution >= 0.6 is 11.6 Å². The first-order chi connectivity index (χ1) is 14.5. The molecule has 0 fully saturated rings. The number of hydrogen-bond donors (Lipinski definition) is 1. The molecule has 0 saturated carbocycles. The Morgan fingerprint density at radius 2 is 1.77 bits per heavy atom. The molecular weight excluding hydrogens is 396 g/mol. The third-order valence-corrected chi connectivity index (χ3v) is 5.36. The molecule has 150 valence electrons. The molecule has 1 aliphatic rings. The van der Waals surface area contributed by atoms with Gasteiger partial charge in [0.2, 0.25) is 0 Å². The summed E-state index contributed by atoms with van der Waals surface area (Å²) in [6.07, 6.45) is 4.81. The minimum absolute atomic E-state index is 0.0842. The number of rotatable bonds is 3. The van der Waals surface area contributed by atoms with Crippen LogP contribution in [0.3, 0.4) is 0 Å². The van der Waals surface area contributed by atoms with Crippen LogP contribution in [0, 0.1) is 6.92 Å². The fraction of sp³-hybridized carbons (Fsp3) is 0.120. The Morgan fingerprint density at radius 3 is 2.53 bits per heavy atom. The quantitative estimate of drug-likeness (QED) is 0.572. The van der Waals surface area contributed by atoms with Crippen LogP contribution in [0.25, 0.3) is 6.08 Å². The van der Waals surface area contributed by atoms with Gasteiger partial charge < -0.3 is 10.2 Å². The minimum Gasteiger partial charge on any atom is -0.322 e. The van der Waals surface area contributed by atoms with Crippen molar-refractivity contribution in [2.75, 3.05) is 16.8 Å². The molecule has 1 N–H and O–H groups in total. The zero-order valence-electron chi connectivity index (χ0n) is 16.6. The summed E-state index contributed by atoms with van der Waals surface area (Å²) in [5, 5.41) is 3.53. The maximum absolute atomic E-state index is 13.2. The number of carbonyl (C=O) groups excluding carboxylic acids is 2. The van der Waals surface area contributed by atoms with Crippen molar-refractivity contribution in [3.8, 4) is 0 Å². The fourth-order valence-corrected chi connectivity index (χ4v) is 3.71. The third kappa shape index (κ3) is 4.14. The number of halogens is 1. The van der Waals surface area contributed by atoms with Crippen molar-refractivity contribution in [1.82, 2.24) is 0 Å². The topological polar surface area (TPSA) is 49.4 Å². The smallest absolute Gasteiger partial charge is 0.258 e. The number of amides is 2. The standard InChI is InChI=1S/C25H21ClN2O2/c1-17-6-2-3-8-22(17)24(29)27-21-12-9-18(10-13-21)25(30)28-15-5-4-7-19-16-20(26)11-14-23(19)28/h2-4,6-14,16H,5,15H2,1H3,(H,27,29). The van der Waals surface area contributed by atoms with Crippen molar-refractivity contribution in [2.24, 2.45) is 0 Å². The normalized spacial score (nSPS) is 12.8. The molecule has 0 radical (unpaired) electrons. The molecule has 0 bridgehead atoms. The van der Waals surface area contributed by atoms with E-state index in [4.69, 9.17) is 11.6 Å². The largest absolute Gasteiger partial charge is 0.322 e. The van der Waals surface area contributed by atoms with E-state index in [0.29, 0.717) is 28.4 Å². The van der Waals surface area contributed by atoms with E-state index < -0.39 is 0 Å². The van der Waals surface area contributed by atoms with Crippen LogP contribution in [-0.2, 0) is 0 Å². The maximum Gasteiger partial charge on any atom is 0.258 e. The highest BCUT2D eigenvalue weighted by atomic mass is 35.5. The second-order valence-electron chi connectivity index (χ2n) is 7.20. The fourth-order valence-electron chi connectivity index (χ4n) is 3.53. The van der Waals surface area contributed by atoms with Crippen LogP contribution in [0.4, 0.5) is 11.4 Å². The summed E-state index contributed by atoms with van der Waals surface area (Å²) in [5.74, 6) is -0.254. The van der Waals surface area contributed by atoms with Gasteiger partial charge in [0.25, 0.3) is 11.8 Å². The van der Waals surface area contributed by atoms with Crippen molar-refractivity contribution in [3.05, 3.63) is 100 Å². The van der Waals surface area contributed by atoms with E-state index in [1.807, 2.05) is 49.4 Å². The number of nitrogens with one attached hydrogen (secondary N) is 1. The van der Waals surface area contributed by atoms with E-state index in [1.54, 1.807) is 41.3 Å². The van der Waals surface area contributed by atoms with Gasteiger partial charge in [-0.3, -0.25) is 9.59 Å². The lowest BCUT2D eigenvalue weighted by atomic mass is 10.1. The lowest BCUT2D eigenvalue weighted by Crippen LogP contribution is -2.31. The lowest BCUT2D eigenvalue weighted by molar-refractivity contribution is 0.0986. The Labute approximate surface area is 180 Å². The van der Waals surface area contributed by atoms with Gasteiger partial charge in [0, 0.05) is 28.4 Å². The number of anilines is 2. The maximum atomic E-state index is 13.2. The van der Waals surface area contributed by atoms with E-state index >= 15 is 0 Å². The highest BCUT2D eigenvalue weighted by Crippen LogP contribution is 2.29. The first kappa shape index (κ1) is 19.9. The second kappa shape index (κ2) is 8.56. The number of aryl methyl sites for hydroxylation is 1. The molecule has 1 heterocycles. The molecule has 3 aromatic rings. The predicted octanol–water partition coefficient (Wildman–Crippen LogP) is 5.96. The van der Waals surface area contributed by atoms with Gasteiger partial charge in [-0.15, -0.1) is 0 Å². The molecule has 0 aromatic heterocycles. The molecule has 30 heavy (non-hydrogen) atoms. The molecule has 0 aliphatic carbocycles. The Hall–Kier alpha value is -3.37. The number of carbonyl (C=O) groups is 2. The Morgan fingerprint density at radius 1 is 1.00 bits per heavy atom. The van der Waals surface area contributed by atoms with E-state index in [-0.39, 0.29) is 11.8 Å². The Balaban J connectivity index is 1.53. The predicted molar refractivity (Wildman–Crippen MR) is 122 cm³/mol. The highest BCUT2D eigenvalue weighted by molar-refractivity contribution is 6.31. The van der Waals surface area contributed by atoms with Gasteiger partial charge in [-0.1, -0.05) is 42.0 Å². The van der Waals surface area contributed by atoms with Crippen molar-refractivity contribution < 1.29 is 9.59 Å². The van der Waals surface area contributed by atoms with Gasteiger partial charge in [0.05, 0.1) is 5.69 Å². The Bertz CT molecular complexity index is 1140. The van der Waals surface area contributed by atoms with Crippen LogP contribution in [0.1, 0.15) is 38.3 Å². The summed E-state index contributed by atoms with van der Waals surface area (Å²) < 4.78 is 0. The number of benzene rings is 3. The second-order valence-corrected chi connectivity index (χ2v) is 7.63. The average molecular weight is 417 g/mol. The molecule has 3 aromatic carbocycles. The van der Waals surface area contributed by atoms with Crippen LogP contribution in [-0.4, -0.2) is 18.4 Å². The van der Waals surface area contributed by atoms with E-state index in [2.05, 4.69) is 5.32 Å². The summed E-state index contributed by atoms with van der Waals surface area (Å²) in [4.78, 5) is 27.4. The zero-order valence-corrected chi connectivity index (χ0v) is 17.3. The molecule has 0 spiro atoms. The molecule has 0 saturated heterocycles. The van der Waals surface area contributed by atoms with Crippen molar-refractivity contribution in [1.29, 1.82) is 0 Å². The SMILES string of the molecule is Cc1ccccc1C(=O)Nc1ccc(C(=O)N2CCC=Cc3cc(Cl)ccc32)cc1. The molecule has 5 heteroatoms. The van der Waals surface area contributed by atoms with E-state index in [1.165, 1.54) is 0 Å². The Kier molecular flexibility index (Phi) is 5.68.